The first kappa shape index (κ1) is 27.2. The first-order chi connectivity index (χ1) is 15.5. The number of benzene rings is 1. The first-order valence-electron chi connectivity index (χ1n) is 11.4. The van der Waals surface area contributed by atoms with Crippen LogP contribution in [0.25, 0.3) is 0 Å². The van der Waals surface area contributed by atoms with Crippen LogP contribution < -0.4 is 14.8 Å². The van der Waals surface area contributed by atoms with Crippen molar-refractivity contribution in [2.75, 3.05) is 54.5 Å². The molecule has 1 N–H and O–H groups in total. The minimum Gasteiger partial charge on any atom is -0.493 e. The molecule has 0 aliphatic carbocycles. The lowest BCUT2D eigenvalue weighted by molar-refractivity contribution is 0.188. The Kier molecular flexibility index (Phi) is 10.7. The van der Waals surface area contributed by atoms with E-state index in [4.69, 9.17) is 14.5 Å². The summed E-state index contributed by atoms with van der Waals surface area (Å²) in [6, 6.07) is 6.61. The SMILES string of the molecule is CCNC(=NCC(c1ccc(OC)c(OC)c1)N(C)C)N1CCC(C)C(n2ccnc2)C1.I. The number of halogens is 1. The third kappa shape index (κ3) is 6.75. The maximum absolute atomic E-state index is 5.52. The van der Waals surface area contributed by atoms with E-state index in [0.717, 1.165) is 49.1 Å². The van der Waals surface area contributed by atoms with E-state index in [1.54, 1.807) is 14.2 Å². The summed E-state index contributed by atoms with van der Waals surface area (Å²) in [5, 5.41) is 3.51. The summed E-state index contributed by atoms with van der Waals surface area (Å²) in [6.07, 6.45) is 6.97. The molecule has 1 saturated heterocycles. The zero-order valence-corrected chi connectivity index (χ0v) is 23.0. The van der Waals surface area contributed by atoms with Crippen molar-refractivity contribution < 1.29 is 9.47 Å². The van der Waals surface area contributed by atoms with E-state index in [1.807, 2.05) is 24.7 Å². The summed E-state index contributed by atoms with van der Waals surface area (Å²) >= 11 is 0. The van der Waals surface area contributed by atoms with Crippen LogP contribution in [0.15, 0.2) is 41.9 Å². The van der Waals surface area contributed by atoms with Crippen LogP contribution in [0.4, 0.5) is 0 Å². The van der Waals surface area contributed by atoms with Gasteiger partial charge in [0.2, 0.25) is 0 Å². The molecule has 1 aromatic heterocycles. The number of guanidine groups is 1. The Balaban J connectivity index is 0.00000385. The molecular formula is C24H39IN6O2. The predicted molar refractivity (Wildman–Crippen MR) is 144 cm³/mol. The molecule has 33 heavy (non-hydrogen) atoms. The molecule has 1 aliphatic rings. The van der Waals surface area contributed by atoms with Crippen LogP contribution in [0.3, 0.4) is 0 Å². The molecule has 1 fully saturated rings. The smallest absolute Gasteiger partial charge is 0.194 e. The molecule has 0 radical (unpaired) electrons. The van der Waals surface area contributed by atoms with Gasteiger partial charge in [-0.2, -0.15) is 0 Å². The molecule has 2 aromatic rings. The van der Waals surface area contributed by atoms with Gasteiger partial charge in [0.25, 0.3) is 0 Å². The lowest BCUT2D eigenvalue weighted by Gasteiger charge is -2.39. The summed E-state index contributed by atoms with van der Waals surface area (Å²) in [7, 11) is 7.50. The van der Waals surface area contributed by atoms with Gasteiger partial charge in [-0.05, 0) is 51.1 Å². The van der Waals surface area contributed by atoms with Crippen LogP contribution in [-0.4, -0.2) is 79.8 Å². The highest BCUT2D eigenvalue weighted by atomic mass is 127. The number of likely N-dealkylation sites (tertiary alicyclic amines) is 1. The monoisotopic (exact) mass is 570 g/mol. The molecule has 0 bridgehead atoms. The Labute approximate surface area is 215 Å². The number of aromatic nitrogens is 2. The predicted octanol–water partition coefficient (Wildman–Crippen LogP) is 3.67. The maximum atomic E-state index is 5.52. The fourth-order valence-corrected chi connectivity index (χ4v) is 4.32. The van der Waals surface area contributed by atoms with Crippen LogP contribution in [-0.2, 0) is 0 Å². The summed E-state index contributed by atoms with van der Waals surface area (Å²) in [5.41, 5.74) is 1.15. The van der Waals surface area contributed by atoms with Crippen molar-refractivity contribution in [2.24, 2.45) is 10.9 Å². The van der Waals surface area contributed by atoms with Crippen molar-refractivity contribution in [3.63, 3.8) is 0 Å². The van der Waals surface area contributed by atoms with E-state index in [9.17, 15) is 0 Å². The second-order valence-corrected chi connectivity index (χ2v) is 8.58. The van der Waals surface area contributed by atoms with Gasteiger partial charge in [-0.25, -0.2) is 4.98 Å². The van der Waals surface area contributed by atoms with E-state index in [0.29, 0.717) is 18.5 Å². The fraction of sp³-hybridized carbons (Fsp3) is 0.583. The summed E-state index contributed by atoms with van der Waals surface area (Å²) in [6.45, 7) is 7.85. The number of aliphatic imine (C=N–C) groups is 1. The highest BCUT2D eigenvalue weighted by molar-refractivity contribution is 14.0. The van der Waals surface area contributed by atoms with Crippen LogP contribution in [0.2, 0.25) is 0 Å². The Morgan fingerprint density at radius 2 is 2.03 bits per heavy atom. The van der Waals surface area contributed by atoms with E-state index in [-0.39, 0.29) is 30.0 Å². The standard InChI is InChI=1S/C24H38N6O2.HI/c1-7-26-24(29-12-10-18(2)21(16-29)30-13-11-25-17-30)27-15-20(28(3)4)19-8-9-22(31-5)23(14-19)32-6;/h8-9,11,13-14,17-18,20-21H,7,10,12,15-16H2,1-6H3,(H,26,27);1H. The molecule has 184 valence electrons. The number of hydrogen-bond donors (Lipinski definition) is 1. The summed E-state index contributed by atoms with van der Waals surface area (Å²) in [5.74, 6) is 3.04. The van der Waals surface area contributed by atoms with E-state index in [1.165, 1.54) is 0 Å². The lowest BCUT2D eigenvalue weighted by Crippen LogP contribution is -2.49. The van der Waals surface area contributed by atoms with Crippen molar-refractivity contribution >= 4 is 29.9 Å². The highest BCUT2D eigenvalue weighted by Gasteiger charge is 2.29. The van der Waals surface area contributed by atoms with Crippen molar-refractivity contribution in [2.45, 2.75) is 32.4 Å². The molecular weight excluding hydrogens is 531 g/mol. The van der Waals surface area contributed by atoms with Crippen molar-refractivity contribution in [3.8, 4) is 11.5 Å². The Hall–Kier alpha value is -2.01. The van der Waals surface area contributed by atoms with E-state index >= 15 is 0 Å². The number of rotatable bonds is 8. The average Bonchev–Trinajstić information content (AvgIpc) is 3.33. The number of nitrogens with zero attached hydrogens (tertiary/aromatic N) is 5. The lowest BCUT2D eigenvalue weighted by atomic mass is 9.93. The van der Waals surface area contributed by atoms with Gasteiger partial charge in [-0.15, -0.1) is 24.0 Å². The van der Waals surface area contributed by atoms with Gasteiger partial charge in [-0.3, -0.25) is 4.99 Å². The van der Waals surface area contributed by atoms with Gasteiger partial charge in [0.15, 0.2) is 17.5 Å². The molecule has 3 rings (SSSR count). The average molecular weight is 571 g/mol. The van der Waals surface area contributed by atoms with Crippen molar-refractivity contribution in [1.29, 1.82) is 0 Å². The molecule has 0 saturated carbocycles. The number of nitrogens with one attached hydrogen (secondary N) is 1. The largest absolute Gasteiger partial charge is 0.493 e. The number of hydrogen-bond acceptors (Lipinski definition) is 5. The fourth-order valence-electron chi connectivity index (χ4n) is 4.32. The van der Waals surface area contributed by atoms with Gasteiger partial charge in [-0.1, -0.05) is 13.0 Å². The molecule has 2 heterocycles. The molecule has 3 unspecified atom stereocenters. The number of imidazole rings is 1. The number of piperidine rings is 1. The van der Waals surface area contributed by atoms with Gasteiger partial charge < -0.3 is 29.2 Å². The molecule has 8 nitrogen and oxygen atoms in total. The number of ether oxygens (including phenoxy) is 2. The van der Waals surface area contributed by atoms with Gasteiger partial charge >= 0.3 is 0 Å². The van der Waals surface area contributed by atoms with Gasteiger partial charge in [0.05, 0.1) is 39.2 Å². The third-order valence-corrected chi connectivity index (χ3v) is 6.29. The third-order valence-electron chi connectivity index (χ3n) is 6.29. The molecule has 3 atom stereocenters. The Morgan fingerprint density at radius 3 is 2.64 bits per heavy atom. The van der Waals surface area contributed by atoms with Crippen LogP contribution in [0.1, 0.15) is 37.9 Å². The van der Waals surface area contributed by atoms with Crippen molar-refractivity contribution in [1.82, 2.24) is 24.7 Å². The summed E-state index contributed by atoms with van der Waals surface area (Å²) < 4.78 is 13.1. The second kappa shape index (κ2) is 13.0. The van der Waals surface area contributed by atoms with Crippen molar-refractivity contribution in [3.05, 3.63) is 42.5 Å². The minimum atomic E-state index is 0. The normalized spacial score (nSPS) is 19.7. The molecule has 0 amide bonds. The molecule has 0 spiro atoms. The maximum Gasteiger partial charge on any atom is 0.194 e. The Bertz CT molecular complexity index is 874. The number of likely N-dealkylation sites (N-methyl/N-ethyl adjacent to an activating group) is 1. The molecule has 9 heteroatoms. The topological polar surface area (TPSA) is 67.2 Å². The van der Waals surface area contributed by atoms with E-state index in [2.05, 4.69) is 64.9 Å². The minimum absolute atomic E-state index is 0. The Morgan fingerprint density at radius 1 is 1.27 bits per heavy atom. The molecule has 1 aromatic carbocycles. The zero-order valence-electron chi connectivity index (χ0n) is 20.7. The second-order valence-electron chi connectivity index (χ2n) is 8.58. The molecule has 1 aliphatic heterocycles. The number of methoxy groups -OCH3 is 2. The highest BCUT2D eigenvalue weighted by Crippen LogP contribution is 2.32. The van der Waals surface area contributed by atoms with Crippen LogP contribution in [0.5, 0.6) is 11.5 Å². The van der Waals surface area contributed by atoms with Gasteiger partial charge in [0, 0.05) is 32.0 Å². The zero-order chi connectivity index (χ0) is 23.1. The van der Waals surface area contributed by atoms with E-state index < -0.39 is 0 Å². The van der Waals surface area contributed by atoms with Gasteiger partial charge in [0.1, 0.15) is 0 Å². The summed E-state index contributed by atoms with van der Waals surface area (Å²) in [4.78, 5) is 13.9. The van der Waals surface area contributed by atoms with Crippen LogP contribution >= 0.6 is 24.0 Å². The first-order valence-corrected chi connectivity index (χ1v) is 11.4. The van der Waals surface area contributed by atoms with Crippen LogP contribution in [0, 0.1) is 5.92 Å². The quantitative estimate of drug-likeness (QED) is 0.297.